The lowest BCUT2D eigenvalue weighted by Gasteiger charge is -2.27. The number of fused-ring (bicyclic) bond motifs is 1. The zero-order valence-electron chi connectivity index (χ0n) is 18.6. The molecule has 1 aliphatic heterocycles. The molecule has 4 rings (SSSR count). The van der Waals surface area contributed by atoms with E-state index in [1.807, 2.05) is 11.4 Å². The first-order valence-electron chi connectivity index (χ1n) is 11.6. The molecule has 1 saturated carbocycles. The van der Waals surface area contributed by atoms with E-state index in [9.17, 15) is 4.79 Å². The molecule has 1 amide bonds. The number of carbonyl (C=O) groups is 1. The average Bonchev–Trinajstić information content (AvgIpc) is 3.28. The molecule has 2 aromatic rings. The number of aromatic nitrogens is 2. The summed E-state index contributed by atoms with van der Waals surface area (Å²) in [5.74, 6) is 2.45. The van der Waals surface area contributed by atoms with Gasteiger partial charge >= 0.3 is 0 Å². The van der Waals surface area contributed by atoms with Gasteiger partial charge in [0.15, 0.2) is 0 Å². The van der Waals surface area contributed by atoms with Gasteiger partial charge < -0.3 is 26.7 Å². The minimum Gasteiger partial charge on any atom is -0.366 e. The SMILES string of the molecule is CC1CCC(Nc2nc(N/C(C=N)=C/NC(=O)CC3CCNCC3)nc3ccsc23)CC1. The highest BCUT2D eigenvalue weighted by molar-refractivity contribution is 7.17. The van der Waals surface area contributed by atoms with Gasteiger partial charge in [0.2, 0.25) is 11.9 Å². The molecule has 5 N–H and O–H groups in total. The number of amides is 1. The van der Waals surface area contributed by atoms with Gasteiger partial charge in [0, 0.05) is 24.9 Å². The van der Waals surface area contributed by atoms with Crippen molar-refractivity contribution in [1.29, 1.82) is 5.41 Å². The maximum absolute atomic E-state index is 12.3. The van der Waals surface area contributed by atoms with Crippen molar-refractivity contribution in [3.63, 3.8) is 0 Å². The molecule has 2 fully saturated rings. The summed E-state index contributed by atoms with van der Waals surface area (Å²) < 4.78 is 1.05. The van der Waals surface area contributed by atoms with Crippen LogP contribution >= 0.6 is 11.3 Å². The van der Waals surface area contributed by atoms with Crippen LogP contribution in [-0.4, -0.2) is 41.2 Å². The van der Waals surface area contributed by atoms with E-state index >= 15 is 0 Å². The fraction of sp³-hybridized carbons (Fsp3) is 0.565. The van der Waals surface area contributed by atoms with Crippen molar-refractivity contribution in [1.82, 2.24) is 20.6 Å². The fourth-order valence-corrected chi connectivity index (χ4v) is 5.21. The summed E-state index contributed by atoms with van der Waals surface area (Å²) in [7, 11) is 0. The Morgan fingerprint density at radius 2 is 2.00 bits per heavy atom. The number of carbonyl (C=O) groups excluding carboxylic acids is 1. The van der Waals surface area contributed by atoms with Crippen LogP contribution in [0.5, 0.6) is 0 Å². The maximum Gasteiger partial charge on any atom is 0.229 e. The largest absolute Gasteiger partial charge is 0.366 e. The monoisotopic (exact) mass is 455 g/mol. The van der Waals surface area contributed by atoms with Crippen molar-refractivity contribution in [3.05, 3.63) is 23.3 Å². The first-order valence-corrected chi connectivity index (χ1v) is 12.5. The zero-order valence-corrected chi connectivity index (χ0v) is 19.4. The highest BCUT2D eigenvalue weighted by Crippen LogP contribution is 2.31. The summed E-state index contributed by atoms with van der Waals surface area (Å²) in [5.41, 5.74) is 1.31. The molecule has 1 aliphatic carbocycles. The van der Waals surface area contributed by atoms with Crippen LogP contribution in [0.15, 0.2) is 23.3 Å². The van der Waals surface area contributed by atoms with E-state index < -0.39 is 0 Å². The number of allylic oxidation sites excluding steroid dienone is 1. The molecular formula is C23H33N7OS. The van der Waals surface area contributed by atoms with E-state index in [0.29, 0.717) is 30.0 Å². The molecule has 0 unspecified atom stereocenters. The van der Waals surface area contributed by atoms with Crippen LogP contribution in [-0.2, 0) is 4.79 Å². The van der Waals surface area contributed by atoms with Crippen LogP contribution in [0, 0.1) is 17.2 Å². The van der Waals surface area contributed by atoms with E-state index in [4.69, 9.17) is 10.4 Å². The van der Waals surface area contributed by atoms with Gasteiger partial charge in [0.05, 0.1) is 15.9 Å². The van der Waals surface area contributed by atoms with Crippen molar-refractivity contribution in [2.75, 3.05) is 23.7 Å². The summed E-state index contributed by atoms with van der Waals surface area (Å²) in [4.78, 5) is 21.6. The number of hydrogen-bond acceptors (Lipinski definition) is 8. The van der Waals surface area contributed by atoms with Crippen molar-refractivity contribution < 1.29 is 4.79 Å². The van der Waals surface area contributed by atoms with Gasteiger partial charge in [0.25, 0.3) is 0 Å². The third kappa shape index (κ3) is 6.04. The number of nitrogens with zero attached hydrogens (tertiary/aromatic N) is 2. The Hall–Kier alpha value is -2.52. The fourth-order valence-electron chi connectivity index (χ4n) is 4.42. The average molecular weight is 456 g/mol. The van der Waals surface area contributed by atoms with E-state index in [1.165, 1.54) is 25.3 Å². The molecule has 0 atom stereocenters. The number of hydrogen-bond donors (Lipinski definition) is 5. The summed E-state index contributed by atoms with van der Waals surface area (Å²) in [5, 5.41) is 22.6. The molecule has 2 aliphatic rings. The van der Waals surface area contributed by atoms with E-state index in [2.05, 4.69) is 33.2 Å². The molecule has 0 bridgehead atoms. The zero-order chi connectivity index (χ0) is 22.3. The summed E-state index contributed by atoms with van der Waals surface area (Å²) in [6, 6.07) is 2.40. The van der Waals surface area contributed by atoms with E-state index in [-0.39, 0.29) is 5.91 Å². The molecule has 0 aromatic carbocycles. The van der Waals surface area contributed by atoms with Crippen LogP contribution in [0.2, 0.25) is 0 Å². The second-order valence-electron chi connectivity index (χ2n) is 8.97. The minimum absolute atomic E-state index is 0.0267. The van der Waals surface area contributed by atoms with Gasteiger partial charge in [-0.1, -0.05) is 6.92 Å². The predicted molar refractivity (Wildman–Crippen MR) is 131 cm³/mol. The lowest BCUT2D eigenvalue weighted by Crippen LogP contribution is -2.31. The number of piperidine rings is 1. The van der Waals surface area contributed by atoms with Gasteiger partial charge in [-0.3, -0.25) is 4.79 Å². The number of anilines is 2. The second-order valence-corrected chi connectivity index (χ2v) is 9.88. The summed E-state index contributed by atoms with van der Waals surface area (Å²) >= 11 is 1.63. The van der Waals surface area contributed by atoms with Crippen molar-refractivity contribution in [2.24, 2.45) is 11.8 Å². The molecule has 3 heterocycles. The van der Waals surface area contributed by atoms with Crippen molar-refractivity contribution in [3.8, 4) is 0 Å². The first-order chi connectivity index (χ1) is 15.6. The standard InChI is InChI=1S/C23H33N7OS/c1-15-2-4-17(5-3-15)27-22-21-19(8-11-32-21)29-23(30-22)28-18(13-24)14-26-20(31)12-16-6-9-25-10-7-16/h8,11,13-17,24-25H,2-7,9-10,12H2,1H3,(H,26,31)(H2,27,28,29,30)/b18-14+,24-13?. The molecule has 0 radical (unpaired) electrons. The van der Waals surface area contributed by atoms with Gasteiger partial charge in [-0.15, -0.1) is 11.3 Å². The van der Waals surface area contributed by atoms with Gasteiger partial charge in [0.1, 0.15) is 5.82 Å². The molecule has 8 nitrogen and oxygen atoms in total. The molecule has 9 heteroatoms. The number of nitrogens with one attached hydrogen (secondary N) is 5. The van der Waals surface area contributed by atoms with Crippen molar-refractivity contribution in [2.45, 2.75) is 57.9 Å². The molecule has 0 spiro atoms. The van der Waals surface area contributed by atoms with Crippen LogP contribution in [0.1, 0.15) is 51.9 Å². The number of rotatable bonds is 8. The maximum atomic E-state index is 12.3. The Morgan fingerprint density at radius 1 is 1.22 bits per heavy atom. The lowest BCUT2D eigenvalue weighted by molar-refractivity contribution is -0.121. The third-order valence-corrected chi connectivity index (χ3v) is 7.30. The topological polar surface area (TPSA) is 115 Å². The van der Waals surface area contributed by atoms with Gasteiger partial charge in [-0.25, -0.2) is 4.98 Å². The Bertz CT molecular complexity index is 958. The quantitative estimate of drug-likeness (QED) is 0.383. The lowest BCUT2D eigenvalue weighted by atomic mass is 9.87. The normalized spacial score (nSPS) is 22.5. The van der Waals surface area contributed by atoms with Crippen LogP contribution in [0.25, 0.3) is 10.2 Å². The Balaban J connectivity index is 1.42. The van der Waals surface area contributed by atoms with Crippen LogP contribution < -0.4 is 21.3 Å². The van der Waals surface area contributed by atoms with E-state index in [0.717, 1.165) is 60.7 Å². The van der Waals surface area contributed by atoms with Crippen LogP contribution in [0.3, 0.4) is 0 Å². The highest BCUT2D eigenvalue weighted by atomic mass is 32.1. The minimum atomic E-state index is -0.0267. The molecule has 172 valence electrons. The summed E-state index contributed by atoms with van der Waals surface area (Å²) in [6.45, 7) is 4.26. The smallest absolute Gasteiger partial charge is 0.229 e. The Labute approximate surface area is 193 Å². The Morgan fingerprint density at radius 3 is 2.75 bits per heavy atom. The first kappa shape index (κ1) is 22.7. The van der Waals surface area contributed by atoms with Crippen molar-refractivity contribution >= 4 is 45.4 Å². The molecule has 2 aromatic heterocycles. The van der Waals surface area contributed by atoms with Gasteiger partial charge in [-0.2, -0.15) is 4.98 Å². The predicted octanol–water partition coefficient (Wildman–Crippen LogP) is 4.09. The molecule has 32 heavy (non-hydrogen) atoms. The Kier molecular flexibility index (Phi) is 7.70. The number of thiophene rings is 1. The second kappa shape index (κ2) is 10.9. The highest BCUT2D eigenvalue weighted by Gasteiger charge is 2.20. The summed E-state index contributed by atoms with van der Waals surface area (Å²) in [6.07, 6.45) is 10.0. The van der Waals surface area contributed by atoms with Crippen LogP contribution in [0.4, 0.5) is 11.8 Å². The van der Waals surface area contributed by atoms with Gasteiger partial charge in [-0.05, 0) is 74.9 Å². The third-order valence-electron chi connectivity index (χ3n) is 6.39. The molecular weight excluding hydrogens is 422 g/mol. The van der Waals surface area contributed by atoms with E-state index in [1.54, 1.807) is 11.3 Å². The molecule has 1 saturated heterocycles.